The van der Waals surface area contributed by atoms with Crippen molar-refractivity contribution in [3.05, 3.63) is 0 Å². The van der Waals surface area contributed by atoms with Gasteiger partial charge in [0, 0.05) is 6.61 Å². The summed E-state index contributed by atoms with van der Waals surface area (Å²) in [4.78, 5) is 11.0. The van der Waals surface area contributed by atoms with Gasteiger partial charge >= 0.3 is 5.97 Å². The van der Waals surface area contributed by atoms with Gasteiger partial charge in [0.15, 0.2) is 0 Å². The Bertz CT molecular complexity index is 260. The first-order chi connectivity index (χ1) is 11.8. The Morgan fingerprint density at radius 2 is 1.12 bits per heavy atom. The Labute approximate surface area is 147 Å². The van der Waals surface area contributed by atoms with E-state index in [1.165, 1.54) is 25.7 Å². The topological polar surface area (TPSA) is 63.2 Å². The van der Waals surface area contributed by atoms with E-state index < -0.39 is 0 Å². The van der Waals surface area contributed by atoms with E-state index in [0.29, 0.717) is 52.9 Å². The fraction of sp³-hybridized carbons (Fsp3) is 0.944. The molecule has 0 aromatic heterocycles. The third kappa shape index (κ3) is 19.4. The number of hydrogen-bond donors (Lipinski definition) is 0. The monoisotopic (exact) mass is 348 g/mol. The molecule has 144 valence electrons. The van der Waals surface area contributed by atoms with Crippen molar-refractivity contribution in [1.29, 1.82) is 0 Å². The lowest BCUT2D eigenvalue weighted by molar-refractivity contribution is -0.144. The van der Waals surface area contributed by atoms with E-state index in [2.05, 4.69) is 6.92 Å². The number of carbonyl (C=O) groups is 1. The zero-order valence-corrected chi connectivity index (χ0v) is 15.6. The molecule has 0 N–H and O–H groups in total. The van der Waals surface area contributed by atoms with Crippen molar-refractivity contribution in [2.24, 2.45) is 0 Å². The second kappa shape index (κ2) is 20.4. The van der Waals surface area contributed by atoms with Gasteiger partial charge < -0.3 is 23.7 Å². The third-order valence-corrected chi connectivity index (χ3v) is 3.26. The highest BCUT2D eigenvalue weighted by molar-refractivity contribution is 5.69. The Hall–Kier alpha value is -0.690. The summed E-state index contributed by atoms with van der Waals surface area (Å²) in [6.45, 7) is 8.93. The van der Waals surface area contributed by atoms with Crippen molar-refractivity contribution in [2.45, 2.75) is 52.4 Å². The Morgan fingerprint density at radius 3 is 1.67 bits per heavy atom. The van der Waals surface area contributed by atoms with Gasteiger partial charge in [-0.05, 0) is 13.3 Å². The molecular formula is C18H36O6. The molecule has 6 heteroatoms. The molecule has 6 nitrogen and oxygen atoms in total. The molecule has 0 unspecified atom stereocenters. The lowest BCUT2D eigenvalue weighted by Gasteiger charge is -2.07. The predicted octanol–water partition coefficient (Wildman–Crippen LogP) is 2.98. The molecule has 24 heavy (non-hydrogen) atoms. The van der Waals surface area contributed by atoms with E-state index in [1.807, 2.05) is 0 Å². The van der Waals surface area contributed by atoms with Crippen LogP contribution in [-0.4, -0.2) is 65.4 Å². The van der Waals surface area contributed by atoms with Crippen LogP contribution < -0.4 is 0 Å². The van der Waals surface area contributed by atoms with Gasteiger partial charge in [-0.2, -0.15) is 0 Å². The molecule has 0 aliphatic carbocycles. The quantitative estimate of drug-likeness (QED) is 0.264. The van der Waals surface area contributed by atoms with E-state index in [0.717, 1.165) is 13.0 Å². The molecule has 0 bridgehead atoms. The lowest BCUT2D eigenvalue weighted by atomic mass is 10.2. The van der Waals surface area contributed by atoms with Crippen molar-refractivity contribution in [3.63, 3.8) is 0 Å². The van der Waals surface area contributed by atoms with Crippen LogP contribution in [0.2, 0.25) is 0 Å². The average Bonchev–Trinajstić information content (AvgIpc) is 2.58. The second-order valence-corrected chi connectivity index (χ2v) is 5.42. The van der Waals surface area contributed by atoms with Crippen LogP contribution in [0.5, 0.6) is 0 Å². The zero-order chi connectivity index (χ0) is 17.7. The van der Waals surface area contributed by atoms with Crippen molar-refractivity contribution in [2.75, 3.05) is 59.5 Å². The first-order valence-electron chi connectivity index (χ1n) is 9.27. The van der Waals surface area contributed by atoms with Crippen molar-refractivity contribution >= 4 is 5.97 Å². The van der Waals surface area contributed by atoms with Crippen LogP contribution in [0.3, 0.4) is 0 Å². The SMILES string of the molecule is CCCCCCCOCCOCCOCCOCCC(=O)OCC. The summed E-state index contributed by atoms with van der Waals surface area (Å²) in [5, 5.41) is 0. The van der Waals surface area contributed by atoms with Crippen LogP contribution in [0, 0.1) is 0 Å². The normalized spacial score (nSPS) is 10.9. The zero-order valence-electron chi connectivity index (χ0n) is 15.6. The van der Waals surface area contributed by atoms with Crippen LogP contribution in [0.25, 0.3) is 0 Å². The molecule has 0 aromatic carbocycles. The Kier molecular flexibility index (Phi) is 19.8. The van der Waals surface area contributed by atoms with Crippen molar-refractivity contribution in [1.82, 2.24) is 0 Å². The fourth-order valence-electron chi connectivity index (χ4n) is 1.96. The highest BCUT2D eigenvalue weighted by Crippen LogP contribution is 2.02. The Morgan fingerprint density at radius 1 is 0.625 bits per heavy atom. The van der Waals surface area contributed by atoms with E-state index in [4.69, 9.17) is 23.7 Å². The van der Waals surface area contributed by atoms with Crippen LogP contribution in [0.4, 0.5) is 0 Å². The van der Waals surface area contributed by atoms with E-state index in [9.17, 15) is 4.79 Å². The standard InChI is InChI=1S/C18H36O6/c1-3-5-6-7-8-10-20-12-14-22-16-17-23-15-13-21-11-9-18(19)24-4-2/h3-17H2,1-2H3. The highest BCUT2D eigenvalue weighted by Gasteiger charge is 2.00. The first-order valence-corrected chi connectivity index (χ1v) is 9.27. The van der Waals surface area contributed by atoms with Gasteiger partial charge in [0.1, 0.15) is 0 Å². The molecule has 0 aromatic rings. The number of hydrogen-bond acceptors (Lipinski definition) is 6. The molecule has 0 fully saturated rings. The summed E-state index contributed by atoms with van der Waals surface area (Å²) in [5.74, 6) is -0.227. The maximum Gasteiger partial charge on any atom is 0.308 e. The van der Waals surface area contributed by atoms with Gasteiger partial charge in [-0.15, -0.1) is 0 Å². The van der Waals surface area contributed by atoms with Gasteiger partial charge in [0.2, 0.25) is 0 Å². The molecule has 0 saturated carbocycles. The molecular weight excluding hydrogens is 312 g/mol. The minimum absolute atomic E-state index is 0.227. The summed E-state index contributed by atoms with van der Waals surface area (Å²) in [5.41, 5.74) is 0. The van der Waals surface area contributed by atoms with Gasteiger partial charge in [-0.1, -0.05) is 32.6 Å². The number of rotatable bonds is 19. The van der Waals surface area contributed by atoms with Gasteiger partial charge in [0.25, 0.3) is 0 Å². The molecule has 0 radical (unpaired) electrons. The average molecular weight is 348 g/mol. The lowest BCUT2D eigenvalue weighted by Crippen LogP contribution is -2.13. The molecule has 0 aliphatic rings. The summed E-state index contributed by atoms with van der Waals surface area (Å²) in [7, 11) is 0. The largest absolute Gasteiger partial charge is 0.466 e. The molecule has 0 spiro atoms. The highest BCUT2D eigenvalue weighted by atomic mass is 16.6. The number of ether oxygens (including phenoxy) is 5. The summed E-state index contributed by atoms with van der Waals surface area (Å²) in [6.07, 6.45) is 6.58. The predicted molar refractivity (Wildman–Crippen MR) is 93.3 cm³/mol. The van der Waals surface area contributed by atoms with Gasteiger partial charge in [-0.3, -0.25) is 4.79 Å². The van der Waals surface area contributed by atoms with E-state index >= 15 is 0 Å². The van der Waals surface area contributed by atoms with E-state index in [-0.39, 0.29) is 12.4 Å². The van der Waals surface area contributed by atoms with Gasteiger partial charge in [0.05, 0.1) is 59.3 Å². The smallest absolute Gasteiger partial charge is 0.308 e. The molecule has 0 rings (SSSR count). The van der Waals surface area contributed by atoms with Crippen molar-refractivity contribution in [3.8, 4) is 0 Å². The summed E-state index contributed by atoms with van der Waals surface area (Å²) < 4.78 is 26.3. The number of esters is 1. The molecule has 0 heterocycles. The minimum Gasteiger partial charge on any atom is -0.466 e. The van der Waals surface area contributed by atoms with Crippen molar-refractivity contribution < 1.29 is 28.5 Å². The molecule has 0 amide bonds. The maximum absolute atomic E-state index is 11.0. The minimum atomic E-state index is -0.227. The van der Waals surface area contributed by atoms with Crippen LogP contribution in [0.1, 0.15) is 52.4 Å². The first kappa shape index (κ1) is 23.3. The van der Waals surface area contributed by atoms with Gasteiger partial charge in [-0.25, -0.2) is 0 Å². The fourth-order valence-corrected chi connectivity index (χ4v) is 1.96. The maximum atomic E-state index is 11.0. The molecule has 0 atom stereocenters. The number of carbonyl (C=O) groups excluding carboxylic acids is 1. The summed E-state index contributed by atoms with van der Waals surface area (Å²) >= 11 is 0. The molecule has 0 aliphatic heterocycles. The van der Waals surface area contributed by atoms with Crippen LogP contribution in [-0.2, 0) is 28.5 Å². The Balaban J connectivity index is 3.01. The second-order valence-electron chi connectivity index (χ2n) is 5.42. The summed E-state index contributed by atoms with van der Waals surface area (Å²) in [6, 6.07) is 0. The van der Waals surface area contributed by atoms with Crippen LogP contribution >= 0.6 is 0 Å². The van der Waals surface area contributed by atoms with E-state index in [1.54, 1.807) is 6.92 Å². The molecule has 0 saturated heterocycles. The number of unbranched alkanes of at least 4 members (excludes halogenated alkanes) is 4. The third-order valence-electron chi connectivity index (χ3n) is 3.26. The van der Waals surface area contributed by atoms with Crippen LogP contribution in [0.15, 0.2) is 0 Å².